The summed E-state index contributed by atoms with van der Waals surface area (Å²) in [6.07, 6.45) is 3.06. The molecular weight excluding hydrogens is 194 g/mol. The Balaban J connectivity index is 3.68. The van der Waals surface area contributed by atoms with Crippen LogP contribution in [-0.4, -0.2) is 24.4 Å². The van der Waals surface area contributed by atoms with E-state index < -0.39 is 5.97 Å². The van der Waals surface area contributed by atoms with Gasteiger partial charge in [0.05, 0.1) is 6.61 Å². The third-order valence-electron chi connectivity index (χ3n) is 2.07. The highest BCUT2D eigenvalue weighted by molar-refractivity contribution is 5.95. The van der Waals surface area contributed by atoms with Crippen molar-refractivity contribution in [2.45, 2.75) is 52.0 Å². The smallest absolute Gasteiger partial charge is 0.313 e. The summed E-state index contributed by atoms with van der Waals surface area (Å²) in [5.74, 6) is -0.581. The molecule has 4 nitrogen and oxygen atoms in total. The molecule has 0 amide bonds. The lowest BCUT2D eigenvalue weighted by Gasteiger charge is -2.09. The summed E-state index contributed by atoms with van der Waals surface area (Å²) in [6.45, 7) is 4.11. The van der Waals surface area contributed by atoms with E-state index in [0.29, 0.717) is 6.61 Å². The van der Waals surface area contributed by atoms with Gasteiger partial charge in [-0.15, -0.1) is 0 Å². The van der Waals surface area contributed by atoms with Gasteiger partial charge in [0.25, 0.3) is 0 Å². The number of esters is 1. The van der Waals surface area contributed by atoms with Gasteiger partial charge < -0.3 is 10.5 Å². The molecule has 0 aliphatic carbocycles. The number of Topliss-reactive ketones (excluding diaryl/α,β-unsaturated/α-hetero) is 1. The number of ether oxygens (including phenoxy) is 1. The van der Waals surface area contributed by atoms with Crippen molar-refractivity contribution in [2.24, 2.45) is 5.73 Å². The Kier molecular flexibility index (Phi) is 7.91. The lowest BCUT2D eigenvalue weighted by atomic mass is 10.0. The first kappa shape index (κ1) is 14.1. The molecule has 1 atom stereocenters. The fourth-order valence-electron chi connectivity index (χ4n) is 1.31. The topological polar surface area (TPSA) is 69.4 Å². The van der Waals surface area contributed by atoms with Crippen LogP contribution in [0.2, 0.25) is 0 Å². The maximum absolute atomic E-state index is 11.3. The Morgan fingerprint density at radius 3 is 2.53 bits per heavy atom. The zero-order valence-electron chi connectivity index (χ0n) is 9.62. The number of hydrogen-bond acceptors (Lipinski definition) is 4. The Labute approximate surface area is 91.2 Å². The first-order valence-corrected chi connectivity index (χ1v) is 5.53. The van der Waals surface area contributed by atoms with E-state index in [1.165, 1.54) is 0 Å². The van der Waals surface area contributed by atoms with Crippen molar-refractivity contribution in [3.8, 4) is 0 Å². The molecule has 0 saturated heterocycles. The predicted molar refractivity (Wildman–Crippen MR) is 58.4 cm³/mol. The van der Waals surface area contributed by atoms with Gasteiger partial charge in [-0.2, -0.15) is 0 Å². The van der Waals surface area contributed by atoms with Crippen molar-refractivity contribution in [1.29, 1.82) is 0 Å². The minimum atomic E-state index is -0.454. The summed E-state index contributed by atoms with van der Waals surface area (Å²) in [5, 5.41) is 0. The molecule has 2 N–H and O–H groups in total. The van der Waals surface area contributed by atoms with Crippen molar-refractivity contribution in [3.63, 3.8) is 0 Å². The zero-order valence-corrected chi connectivity index (χ0v) is 9.62. The Morgan fingerprint density at radius 2 is 2.00 bits per heavy atom. The molecule has 15 heavy (non-hydrogen) atoms. The lowest BCUT2D eigenvalue weighted by Crippen LogP contribution is -2.25. The molecule has 0 radical (unpaired) electrons. The third kappa shape index (κ3) is 8.12. The molecular formula is C11H21NO3. The first-order chi connectivity index (χ1) is 7.10. The second kappa shape index (κ2) is 8.41. The summed E-state index contributed by atoms with van der Waals surface area (Å²) in [7, 11) is 0. The van der Waals surface area contributed by atoms with Crippen LogP contribution in [0.1, 0.15) is 46.0 Å². The summed E-state index contributed by atoms with van der Waals surface area (Å²) in [5.41, 5.74) is 5.74. The van der Waals surface area contributed by atoms with Crippen LogP contribution in [0.4, 0.5) is 0 Å². The largest absolute Gasteiger partial charge is 0.466 e. The monoisotopic (exact) mass is 215 g/mol. The van der Waals surface area contributed by atoms with E-state index in [2.05, 4.69) is 11.7 Å². The summed E-state index contributed by atoms with van der Waals surface area (Å²) < 4.78 is 4.67. The van der Waals surface area contributed by atoms with Crippen LogP contribution in [0.3, 0.4) is 0 Å². The fraction of sp³-hybridized carbons (Fsp3) is 0.818. The van der Waals surface area contributed by atoms with Crippen molar-refractivity contribution < 1.29 is 14.3 Å². The standard InChI is InChI=1S/C11H21NO3/c1-3-5-6-9(12)7-10(13)8-11(14)15-4-2/h9H,3-8,12H2,1-2H3. The fourth-order valence-corrected chi connectivity index (χ4v) is 1.31. The van der Waals surface area contributed by atoms with Crippen LogP contribution < -0.4 is 5.73 Å². The van der Waals surface area contributed by atoms with E-state index in [4.69, 9.17) is 5.73 Å². The molecule has 88 valence electrons. The van der Waals surface area contributed by atoms with Gasteiger partial charge in [0, 0.05) is 12.5 Å². The van der Waals surface area contributed by atoms with Crippen molar-refractivity contribution in [2.75, 3.05) is 6.61 Å². The van der Waals surface area contributed by atoms with Crippen LogP contribution in [0.5, 0.6) is 0 Å². The van der Waals surface area contributed by atoms with Crippen LogP contribution in [0.15, 0.2) is 0 Å². The Hall–Kier alpha value is -0.900. The average Bonchev–Trinajstić information content (AvgIpc) is 2.14. The molecule has 0 aromatic heterocycles. The zero-order chi connectivity index (χ0) is 11.7. The molecule has 0 aliphatic heterocycles. The lowest BCUT2D eigenvalue weighted by molar-refractivity contribution is -0.145. The second-order valence-corrected chi connectivity index (χ2v) is 3.63. The Morgan fingerprint density at radius 1 is 1.33 bits per heavy atom. The molecule has 0 rings (SSSR count). The molecule has 0 heterocycles. The van der Waals surface area contributed by atoms with Crippen molar-refractivity contribution >= 4 is 11.8 Å². The number of hydrogen-bond donors (Lipinski definition) is 1. The van der Waals surface area contributed by atoms with Gasteiger partial charge >= 0.3 is 5.97 Å². The predicted octanol–water partition coefficient (Wildman–Crippen LogP) is 1.42. The Bertz CT molecular complexity index is 204. The molecule has 4 heteroatoms. The maximum Gasteiger partial charge on any atom is 0.313 e. The number of ketones is 1. The van der Waals surface area contributed by atoms with Crippen molar-refractivity contribution in [1.82, 2.24) is 0 Å². The van der Waals surface area contributed by atoms with Gasteiger partial charge in [0.2, 0.25) is 0 Å². The second-order valence-electron chi connectivity index (χ2n) is 3.63. The summed E-state index contributed by atoms with van der Waals surface area (Å²) in [4.78, 5) is 22.3. The molecule has 0 bridgehead atoms. The van der Waals surface area contributed by atoms with Gasteiger partial charge in [0.15, 0.2) is 0 Å². The number of rotatable bonds is 8. The summed E-state index contributed by atoms with van der Waals surface area (Å²) >= 11 is 0. The normalized spacial score (nSPS) is 12.2. The number of nitrogens with two attached hydrogens (primary N) is 1. The molecule has 0 saturated carbocycles. The first-order valence-electron chi connectivity index (χ1n) is 5.53. The quantitative estimate of drug-likeness (QED) is 0.491. The highest BCUT2D eigenvalue weighted by Crippen LogP contribution is 2.04. The SMILES string of the molecule is CCCCC(N)CC(=O)CC(=O)OCC. The van der Waals surface area contributed by atoms with E-state index in [1.807, 2.05) is 0 Å². The van der Waals surface area contributed by atoms with Crippen LogP contribution in [0.25, 0.3) is 0 Å². The minimum absolute atomic E-state index is 0.119. The van der Waals surface area contributed by atoms with Crippen LogP contribution in [0, 0.1) is 0 Å². The number of carbonyl (C=O) groups is 2. The molecule has 1 unspecified atom stereocenters. The summed E-state index contributed by atoms with van der Waals surface area (Å²) in [6, 6.07) is -0.119. The van der Waals surface area contributed by atoms with Gasteiger partial charge in [-0.05, 0) is 13.3 Å². The van der Waals surface area contributed by atoms with Gasteiger partial charge in [-0.3, -0.25) is 9.59 Å². The van der Waals surface area contributed by atoms with Crippen LogP contribution >= 0.6 is 0 Å². The van der Waals surface area contributed by atoms with Gasteiger partial charge in [0.1, 0.15) is 12.2 Å². The maximum atomic E-state index is 11.3. The van der Waals surface area contributed by atoms with E-state index in [0.717, 1.165) is 19.3 Å². The third-order valence-corrected chi connectivity index (χ3v) is 2.07. The minimum Gasteiger partial charge on any atom is -0.466 e. The number of unbranched alkanes of at least 4 members (excludes halogenated alkanes) is 1. The average molecular weight is 215 g/mol. The number of carbonyl (C=O) groups excluding carboxylic acids is 2. The molecule has 0 aliphatic rings. The van der Waals surface area contributed by atoms with Crippen molar-refractivity contribution in [3.05, 3.63) is 0 Å². The molecule has 0 aromatic rings. The van der Waals surface area contributed by atoms with E-state index in [9.17, 15) is 9.59 Å². The van der Waals surface area contributed by atoms with Crippen LogP contribution in [-0.2, 0) is 14.3 Å². The van der Waals surface area contributed by atoms with E-state index in [1.54, 1.807) is 6.92 Å². The highest BCUT2D eigenvalue weighted by Gasteiger charge is 2.13. The molecule has 0 spiro atoms. The highest BCUT2D eigenvalue weighted by atomic mass is 16.5. The van der Waals surface area contributed by atoms with E-state index in [-0.39, 0.29) is 24.7 Å². The van der Waals surface area contributed by atoms with Gasteiger partial charge in [-0.1, -0.05) is 19.8 Å². The van der Waals surface area contributed by atoms with Gasteiger partial charge in [-0.25, -0.2) is 0 Å². The van der Waals surface area contributed by atoms with E-state index >= 15 is 0 Å². The molecule has 0 fully saturated rings. The molecule has 0 aromatic carbocycles.